The molecule has 7 heteroatoms. The van der Waals surface area contributed by atoms with Crippen molar-refractivity contribution in [3.05, 3.63) is 88.9 Å². The van der Waals surface area contributed by atoms with E-state index >= 15 is 0 Å². The summed E-state index contributed by atoms with van der Waals surface area (Å²) in [6, 6.07) is 10.1. The van der Waals surface area contributed by atoms with Crippen molar-refractivity contribution in [3.8, 4) is 0 Å². The first kappa shape index (κ1) is 18.3. The van der Waals surface area contributed by atoms with Crippen molar-refractivity contribution >= 4 is 17.5 Å². The van der Waals surface area contributed by atoms with E-state index in [2.05, 4.69) is 15.3 Å². The molecule has 0 bridgehead atoms. The number of nitrogens with one attached hydrogen (secondary N) is 1. The molecule has 0 saturated carbocycles. The van der Waals surface area contributed by atoms with Crippen LogP contribution in [0.5, 0.6) is 0 Å². The van der Waals surface area contributed by atoms with Crippen molar-refractivity contribution in [1.82, 2.24) is 9.97 Å². The van der Waals surface area contributed by atoms with Crippen LogP contribution in [0.4, 0.5) is 14.6 Å². The van der Waals surface area contributed by atoms with E-state index in [1.807, 2.05) is 0 Å². The Bertz CT molecular complexity index is 987. The lowest BCUT2D eigenvalue weighted by Crippen LogP contribution is -2.15. The van der Waals surface area contributed by atoms with Gasteiger partial charge in [-0.3, -0.25) is 14.6 Å². The molecule has 1 amide bonds. The molecule has 0 spiro atoms. The van der Waals surface area contributed by atoms with E-state index in [0.29, 0.717) is 23.4 Å². The van der Waals surface area contributed by atoms with Crippen LogP contribution in [-0.2, 0) is 6.42 Å². The normalized spacial score (nSPS) is 10.5. The minimum atomic E-state index is -0.896. The van der Waals surface area contributed by atoms with Gasteiger partial charge in [0.2, 0.25) is 0 Å². The van der Waals surface area contributed by atoms with Crippen LogP contribution in [0.1, 0.15) is 38.9 Å². The number of carbonyl (C=O) groups is 2. The second-order valence-corrected chi connectivity index (χ2v) is 5.92. The zero-order valence-corrected chi connectivity index (χ0v) is 14.4. The highest BCUT2D eigenvalue weighted by Crippen LogP contribution is 2.14. The maximum Gasteiger partial charge on any atom is 0.275 e. The van der Waals surface area contributed by atoms with E-state index in [1.54, 1.807) is 18.3 Å². The quantitative estimate of drug-likeness (QED) is 0.696. The second-order valence-electron chi connectivity index (χ2n) is 5.92. The molecular formula is C20H15F2N3O2. The molecular weight excluding hydrogens is 352 g/mol. The number of aromatic nitrogens is 2. The molecule has 2 aromatic heterocycles. The third-order valence-electron chi connectivity index (χ3n) is 3.86. The van der Waals surface area contributed by atoms with E-state index < -0.39 is 17.5 Å². The molecule has 136 valence electrons. The molecule has 1 aromatic carbocycles. The number of anilines is 1. The number of halogens is 2. The molecule has 0 aliphatic rings. The van der Waals surface area contributed by atoms with Crippen LogP contribution in [0.3, 0.4) is 0 Å². The fourth-order valence-electron chi connectivity index (χ4n) is 2.41. The van der Waals surface area contributed by atoms with Crippen LogP contribution in [0.2, 0.25) is 0 Å². The molecule has 3 aromatic rings. The predicted octanol–water partition coefficient (Wildman–Crippen LogP) is 3.80. The lowest BCUT2D eigenvalue weighted by atomic mass is 10.1. The van der Waals surface area contributed by atoms with Crippen molar-refractivity contribution in [3.63, 3.8) is 0 Å². The highest BCUT2D eigenvalue weighted by molar-refractivity contribution is 6.03. The third-order valence-corrected chi connectivity index (χ3v) is 3.86. The van der Waals surface area contributed by atoms with Gasteiger partial charge >= 0.3 is 0 Å². The van der Waals surface area contributed by atoms with Gasteiger partial charge in [0, 0.05) is 18.0 Å². The average molecular weight is 367 g/mol. The summed E-state index contributed by atoms with van der Waals surface area (Å²) in [5.74, 6) is -2.04. The number of nitrogens with zero attached hydrogens (tertiary/aromatic N) is 2. The van der Waals surface area contributed by atoms with Gasteiger partial charge in [0.05, 0.1) is 0 Å². The summed E-state index contributed by atoms with van der Waals surface area (Å²) in [6.07, 6.45) is 3.27. The van der Waals surface area contributed by atoms with Crippen LogP contribution in [-0.4, -0.2) is 21.7 Å². The number of rotatable bonds is 5. The number of amides is 1. The summed E-state index contributed by atoms with van der Waals surface area (Å²) in [4.78, 5) is 31.5. The lowest BCUT2D eigenvalue weighted by Gasteiger charge is -2.06. The standard InChI is InChI=1S/C20H15F2N3O2/c1-12(26)15-4-6-18(23-11-15)20(27)25-19-7-3-14(10-24-19)8-13-2-5-16(21)17(22)9-13/h2-7,9-11H,8H2,1H3,(H,24,25,27). The predicted molar refractivity (Wildman–Crippen MR) is 95.6 cm³/mol. The first-order valence-corrected chi connectivity index (χ1v) is 8.09. The van der Waals surface area contributed by atoms with E-state index in [1.165, 1.54) is 31.3 Å². The molecule has 5 nitrogen and oxygen atoms in total. The maximum absolute atomic E-state index is 13.3. The Morgan fingerprint density at radius 2 is 1.70 bits per heavy atom. The van der Waals surface area contributed by atoms with Gasteiger partial charge in [-0.05, 0) is 54.8 Å². The molecule has 0 unspecified atom stereocenters. The second kappa shape index (κ2) is 7.82. The monoisotopic (exact) mass is 367 g/mol. The Labute approximate surface area is 154 Å². The van der Waals surface area contributed by atoms with Crippen molar-refractivity contribution in [1.29, 1.82) is 0 Å². The number of ketones is 1. The van der Waals surface area contributed by atoms with E-state index in [4.69, 9.17) is 0 Å². The van der Waals surface area contributed by atoms with Gasteiger partial charge in [0.25, 0.3) is 5.91 Å². The van der Waals surface area contributed by atoms with Crippen LogP contribution in [0.25, 0.3) is 0 Å². The van der Waals surface area contributed by atoms with Gasteiger partial charge in [-0.15, -0.1) is 0 Å². The van der Waals surface area contributed by atoms with Gasteiger partial charge in [-0.2, -0.15) is 0 Å². The fraction of sp³-hybridized carbons (Fsp3) is 0.100. The molecule has 27 heavy (non-hydrogen) atoms. The third kappa shape index (κ3) is 4.58. The number of hydrogen-bond donors (Lipinski definition) is 1. The highest BCUT2D eigenvalue weighted by atomic mass is 19.2. The molecule has 0 atom stereocenters. The van der Waals surface area contributed by atoms with Crippen molar-refractivity contribution in [2.24, 2.45) is 0 Å². The van der Waals surface area contributed by atoms with Crippen molar-refractivity contribution < 1.29 is 18.4 Å². The van der Waals surface area contributed by atoms with E-state index in [9.17, 15) is 18.4 Å². The molecule has 0 radical (unpaired) electrons. The molecule has 0 aliphatic carbocycles. The summed E-state index contributed by atoms with van der Waals surface area (Å²) < 4.78 is 26.2. The van der Waals surface area contributed by atoms with Crippen molar-refractivity contribution in [2.75, 3.05) is 5.32 Å². The number of benzene rings is 1. The van der Waals surface area contributed by atoms with Gasteiger partial charge in [0.15, 0.2) is 17.4 Å². The number of pyridine rings is 2. The maximum atomic E-state index is 13.3. The van der Waals surface area contributed by atoms with Crippen LogP contribution >= 0.6 is 0 Å². The minimum Gasteiger partial charge on any atom is -0.305 e. The van der Waals surface area contributed by atoms with Gasteiger partial charge < -0.3 is 5.32 Å². The Morgan fingerprint density at radius 3 is 2.30 bits per heavy atom. The minimum absolute atomic E-state index is 0.132. The summed E-state index contributed by atoms with van der Waals surface area (Å²) in [5.41, 5.74) is 1.98. The smallest absolute Gasteiger partial charge is 0.275 e. The van der Waals surface area contributed by atoms with Crippen LogP contribution in [0, 0.1) is 11.6 Å². The van der Waals surface area contributed by atoms with Gasteiger partial charge in [-0.1, -0.05) is 12.1 Å². The summed E-state index contributed by atoms with van der Waals surface area (Å²) >= 11 is 0. The van der Waals surface area contributed by atoms with Crippen LogP contribution in [0.15, 0.2) is 54.9 Å². The number of Topliss-reactive ketones (excluding diaryl/α,β-unsaturated/α-hetero) is 1. The summed E-state index contributed by atoms with van der Waals surface area (Å²) in [6.45, 7) is 1.42. The Morgan fingerprint density at radius 1 is 0.926 bits per heavy atom. The molecule has 3 rings (SSSR count). The van der Waals surface area contributed by atoms with Crippen molar-refractivity contribution in [2.45, 2.75) is 13.3 Å². The molecule has 0 saturated heterocycles. The average Bonchev–Trinajstić information content (AvgIpc) is 2.66. The van der Waals surface area contributed by atoms with Gasteiger partial charge in [0.1, 0.15) is 11.5 Å². The zero-order valence-electron chi connectivity index (χ0n) is 14.4. The Hall–Kier alpha value is -3.48. The first-order valence-electron chi connectivity index (χ1n) is 8.09. The first-order chi connectivity index (χ1) is 12.9. The molecule has 0 fully saturated rings. The summed E-state index contributed by atoms with van der Waals surface area (Å²) in [7, 11) is 0. The summed E-state index contributed by atoms with van der Waals surface area (Å²) in [5, 5.41) is 2.61. The van der Waals surface area contributed by atoms with E-state index in [0.717, 1.165) is 17.7 Å². The Balaban J connectivity index is 1.65. The van der Waals surface area contributed by atoms with Crippen LogP contribution < -0.4 is 5.32 Å². The lowest BCUT2D eigenvalue weighted by molar-refractivity contribution is 0.100. The largest absolute Gasteiger partial charge is 0.305 e. The number of hydrogen-bond acceptors (Lipinski definition) is 4. The fourth-order valence-corrected chi connectivity index (χ4v) is 2.41. The highest BCUT2D eigenvalue weighted by Gasteiger charge is 2.10. The number of carbonyl (C=O) groups excluding carboxylic acids is 2. The van der Waals surface area contributed by atoms with Gasteiger partial charge in [-0.25, -0.2) is 13.8 Å². The zero-order chi connectivity index (χ0) is 19.4. The molecule has 1 N–H and O–H groups in total. The Kier molecular flexibility index (Phi) is 5.30. The SMILES string of the molecule is CC(=O)c1ccc(C(=O)Nc2ccc(Cc3ccc(F)c(F)c3)cn2)nc1. The van der Waals surface area contributed by atoms with E-state index in [-0.39, 0.29) is 11.5 Å². The topological polar surface area (TPSA) is 72.0 Å². The molecule has 0 aliphatic heterocycles. The molecule has 2 heterocycles.